The zero-order valence-corrected chi connectivity index (χ0v) is 18.3. The lowest BCUT2D eigenvalue weighted by Crippen LogP contribution is -2.51. The van der Waals surface area contributed by atoms with E-state index in [2.05, 4.69) is 14.7 Å². The van der Waals surface area contributed by atoms with Gasteiger partial charge in [-0.25, -0.2) is 15.1 Å². The molecule has 0 spiro atoms. The summed E-state index contributed by atoms with van der Waals surface area (Å²) in [6.45, 7) is 0.600. The highest BCUT2D eigenvalue weighted by molar-refractivity contribution is 7.80. The van der Waals surface area contributed by atoms with Gasteiger partial charge >= 0.3 is 22.5 Å². The van der Waals surface area contributed by atoms with Crippen LogP contribution >= 0.6 is 0 Å². The van der Waals surface area contributed by atoms with E-state index < -0.39 is 46.6 Å². The SMILES string of the molecule is O=C(NO[C@H]1CCCN(C(=O)O)C1)[C@@H]1CC[C@@H]2CN1C(=O)N2OS(=O)(=O)O.c1ccncc1. The molecule has 2 bridgehead atoms. The number of hydroxylamine groups is 3. The Hall–Kier alpha value is -3.01. The van der Waals surface area contributed by atoms with Crippen molar-refractivity contribution in [2.24, 2.45) is 0 Å². The Kier molecular flexibility index (Phi) is 8.01. The molecule has 0 radical (unpaired) electrons. The zero-order valence-electron chi connectivity index (χ0n) is 17.5. The minimum Gasteiger partial charge on any atom is -0.465 e. The first kappa shape index (κ1) is 24.6. The molecule has 3 atom stereocenters. The quantitative estimate of drug-likeness (QED) is 0.385. The van der Waals surface area contributed by atoms with Crippen LogP contribution < -0.4 is 5.48 Å². The number of carboxylic acid groups (broad SMARTS) is 1. The highest BCUT2D eigenvalue weighted by Gasteiger charge is 2.49. The lowest BCUT2D eigenvalue weighted by Gasteiger charge is -2.32. The number of piperidine rings is 2. The fourth-order valence-electron chi connectivity index (χ4n) is 3.83. The maximum absolute atomic E-state index is 12.4. The topological polar surface area (TPSA) is 179 Å². The lowest BCUT2D eigenvalue weighted by molar-refractivity contribution is -0.146. The van der Waals surface area contributed by atoms with Gasteiger partial charge in [0, 0.05) is 25.5 Å². The van der Waals surface area contributed by atoms with E-state index in [4.69, 9.17) is 14.5 Å². The second-order valence-corrected chi connectivity index (χ2v) is 8.62. The Morgan fingerprint density at radius 2 is 1.85 bits per heavy atom. The molecule has 14 nitrogen and oxygen atoms in total. The van der Waals surface area contributed by atoms with Gasteiger partial charge in [0.05, 0.1) is 12.6 Å². The minimum atomic E-state index is -4.85. The number of urea groups is 1. The molecule has 3 aliphatic rings. The van der Waals surface area contributed by atoms with Crippen LogP contribution in [0.1, 0.15) is 25.7 Å². The molecule has 4 heterocycles. The highest BCUT2D eigenvalue weighted by Crippen LogP contribution is 2.30. The van der Waals surface area contributed by atoms with Crippen molar-refractivity contribution in [3.8, 4) is 0 Å². The smallest absolute Gasteiger partial charge is 0.418 e. The van der Waals surface area contributed by atoms with Crippen molar-refractivity contribution in [1.29, 1.82) is 0 Å². The van der Waals surface area contributed by atoms with Crippen LogP contribution in [-0.4, -0.2) is 93.8 Å². The third-order valence-electron chi connectivity index (χ3n) is 5.34. The number of pyridine rings is 1. The van der Waals surface area contributed by atoms with Crippen LogP contribution in [-0.2, 0) is 24.3 Å². The molecule has 1 aromatic heterocycles. The van der Waals surface area contributed by atoms with Crippen LogP contribution in [0.15, 0.2) is 30.6 Å². The molecule has 3 fully saturated rings. The molecule has 0 saturated carbocycles. The van der Waals surface area contributed by atoms with Crippen molar-refractivity contribution in [1.82, 2.24) is 25.3 Å². The van der Waals surface area contributed by atoms with Crippen molar-refractivity contribution in [3.63, 3.8) is 0 Å². The van der Waals surface area contributed by atoms with Gasteiger partial charge in [0.1, 0.15) is 12.1 Å². The number of nitrogens with one attached hydrogen (secondary N) is 1. The van der Waals surface area contributed by atoms with E-state index >= 15 is 0 Å². The third kappa shape index (κ3) is 6.74. The number of aromatic nitrogens is 1. The molecule has 182 valence electrons. The minimum absolute atomic E-state index is 0.0721. The molecule has 3 N–H and O–H groups in total. The Labute approximate surface area is 189 Å². The van der Waals surface area contributed by atoms with Gasteiger partial charge in [-0.3, -0.25) is 19.2 Å². The molecule has 1 aromatic rings. The summed E-state index contributed by atoms with van der Waals surface area (Å²) in [5, 5.41) is 9.56. The largest absolute Gasteiger partial charge is 0.465 e. The molecular formula is C18H25N5O9S. The average molecular weight is 487 g/mol. The number of hydrogen-bond donors (Lipinski definition) is 3. The van der Waals surface area contributed by atoms with E-state index in [0.29, 0.717) is 30.9 Å². The van der Waals surface area contributed by atoms with Gasteiger partial charge in [0.15, 0.2) is 0 Å². The van der Waals surface area contributed by atoms with Crippen LogP contribution in [0.3, 0.4) is 0 Å². The van der Waals surface area contributed by atoms with Gasteiger partial charge in [-0.2, -0.15) is 13.5 Å². The third-order valence-corrected chi connectivity index (χ3v) is 5.69. The van der Waals surface area contributed by atoms with E-state index in [0.717, 1.165) is 4.90 Å². The predicted octanol–water partition coefficient (Wildman–Crippen LogP) is 0.261. The molecular weight excluding hydrogens is 462 g/mol. The molecule has 33 heavy (non-hydrogen) atoms. The molecule has 4 rings (SSSR count). The summed E-state index contributed by atoms with van der Waals surface area (Å²) in [6, 6.07) is 3.40. The Morgan fingerprint density at radius 1 is 1.12 bits per heavy atom. The molecule has 4 amide bonds. The van der Waals surface area contributed by atoms with Gasteiger partial charge in [-0.05, 0) is 37.8 Å². The second-order valence-electron chi connectivity index (χ2n) is 7.61. The monoisotopic (exact) mass is 487 g/mol. The van der Waals surface area contributed by atoms with Crippen LogP contribution in [0, 0.1) is 0 Å². The van der Waals surface area contributed by atoms with Gasteiger partial charge in [-0.1, -0.05) is 6.07 Å². The Balaban J connectivity index is 0.000000442. The molecule has 3 aliphatic heterocycles. The maximum Gasteiger partial charge on any atom is 0.418 e. The van der Waals surface area contributed by atoms with Gasteiger partial charge in [0.25, 0.3) is 5.91 Å². The van der Waals surface area contributed by atoms with Crippen LogP contribution in [0.5, 0.6) is 0 Å². The number of amides is 4. The Morgan fingerprint density at radius 3 is 2.42 bits per heavy atom. The summed E-state index contributed by atoms with van der Waals surface area (Å²) in [5.41, 5.74) is 2.27. The van der Waals surface area contributed by atoms with Crippen molar-refractivity contribution >= 4 is 28.4 Å². The lowest BCUT2D eigenvalue weighted by atomic mass is 10.0. The van der Waals surface area contributed by atoms with E-state index in [1.807, 2.05) is 18.2 Å². The zero-order chi connectivity index (χ0) is 24.0. The van der Waals surface area contributed by atoms with Gasteiger partial charge < -0.3 is 14.9 Å². The molecule has 0 aromatic carbocycles. The van der Waals surface area contributed by atoms with E-state index in [9.17, 15) is 22.8 Å². The van der Waals surface area contributed by atoms with E-state index in [-0.39, 0.29) is 19.5 Å². The first-order valence-electron chi connectivity index (χ1n) is 10.2. The molecule has 0 aliphatic carbocycles. The number of likely N-dealkylation sites (tertiary alicyclic amines) is 1. The number of nitrogens with zero attached hydrogens (tertiary/aromatic N) is 4. The Bertz CT molecular complexity index is 921. The number of rotatable bonds is 5. The number of carbonyl (C=O) groups is 3. The van der Waals surface area contributed by atoms with Crippen molar-refractivity contribution in [3.05, 3.63) is 30.6 Å². The van der Waals surface area contributed by atoms with Crippen LogP contribution in [0.2, 0.25) is 0 Å². The van der Waals surface area contributed by atoms with E-state index in [1.165, 1.54) is 4.90 Å². The summed E-state index contributed by atoms with van der Waals surface area (Å²) in [5.74, 6) is -0.594. The first-order chi connectivity index (χ1) is 15.7. The molecule has 3 saturated heterocycles. The number of hydrogen-bond acceptors (Lipinski definition) is 8. The van der Waals surface area contributed by atoms with Gasteiger partial charge in [-0.15, -0.1) is 4.28 Å². The summed E-state index contributed by atoms with van der Waals surface area (Å²) < 4.78 is 34.8. The highest BCUT2D eigenvalue weighted by atomic mass is 32.3. The van der Waals surface area contributed by atoms with Crippen LogP contribution in [0.25, 0.3) is 0 Å². The van der Waals surface area contributed by atoms with Crippen molar-refractivity contribution in [2.75, 3.05) is 19.6 Å². The number of carbonyl (C=O) groups excluding carboxylic acids is 2. The van der Waals surface area contributed by atoms with Crippen molar-refractivity contribution < 1.29 is 41.6 Å². The first-order valence-corrected chi connectivity index (χ1v) is 11.6. The summed E-state index contributed by atoms with van der Waals surface area (Å²) in [6.07, 6.45) is 3.67. The summed E-state index contributed by atoms with van der Waals surface area (Å²) in [7, 11) is -4.85. The number of fused-ring (bicyclic) bond motifs is 2. The average Bonchev–Trinajstić information content (AvgIpc) is 3.02. The standard InChI is InChI=1S/C13H20N4O9S.C5H5N/c18-11(14-25-9-2-1-5-15(7-9)13(20)21)10-4-3-8-6-16(10)12(19)17(8)26-27(22,23)24;1-2-4-6-5-3-1/h8-10H,1-7H2,(H,14,18)(H,20,21)(H,22,23,24);1-5H/t8-,9+,10+;/m1./s1. The molecule has 0 unspecified atom stereocenters. The van der Waals surface area contributed by atoms with Crippen molar-refractivity contribution in [2.45, 2.75) is 43.9 Å². The predicted molar refractivity (Wildman–Crippen MR) is 109 cm³/mol. The normalized spacial score (nSPS) is 24.7. The maximum atomic E-state index is 12.4. The second kappa shape index (κ2) is 10.7. The summed E-state index contributed by atoms with van der Waals surface area (Å²) >= 11 is 0. The van der Waals surface area contributed by atoms with Crippen LogP contribution in [0.4, 0.5) is 9.59 Å². The molecule has 15 heteroatoms. The van der Waals surface area contributed by atoms with Gasteiger partial charge in [0.2, 0.25) is 0 Å². The fourth-order valence-corrected chi connectivity index (χ4v) is 4.22. The van der Waals surface area contributed by atoms with E-state index in [1.54, 1.807) is 12.4 Å². The fraction of sp³-hybridized carbons (Fsp3) is 0.556. The summed E-state index contributed by atoms with van der Waals surface area (Å²) in [4.78, 5) is 47.1.